The van der Waals surface area contributed by atoms with Gasteiger partial charge in [-0.05, 0) is 81.6 Å². The lowest BCUT2D eigenvalue weighted by Gasteiger charge is -2.30. The summed E-state index contributed by atoms with van der Waals surface area (Å²) in [5, 5.41) is 0.610. The van der Waals surface area contributed by atoms with Crippen LogP contribution < -0.4 is 4.74 Å². The second-order valence-electron chi connectivity index (χ2n) is 10.1. The molecule has 0 amide bonds. The molecule has 0 aliphatic rings. The average molecular weight is 535 g/mol. The number of carbonyl (C=O) groups excluding carboxylic acids is 1. The molecule has 0 saturated heterocycles. The Morgan fingerprint density at radius 2 is 1.79 bits per heavy atom. The Labute approximate surface area is 208 Å². The Morgan fingerprint density at radius 3 is 2.39 bits per heavy atom. The van der Waals surface area contributed by atoms with Gasteiger partial charge in [-0.15, -0.1) is 0 Å². The third-order valence-electron chi connectivity index (χ3n) is 4.85. The van der Waals surface area contributed by atoms with Gasteiger partial charge in [-0.3, -0.25) is 4.79 Å². The summed E-state index contributed by atoms with van der Waals surface area (Å²) in [5.41, 5.74) is 2.92. The van der Waals surface area contributed by atoms with Crippen LogP contribution in [0.4, 0.5) is 0 Å². The van der Waals surface area contributed by atoms with Gasteiger partial charge in [0.1, 0.15) is 19.3 Å². The minimum absolute atomic E-state index is 0.133. The number of hydrogen-bond acceptors (Lipinski definition) is 6. The second kappa shape index (κ2) is 10.1. The van der Waals surface area contributed by atoms with E-state index in [1.165, 1.54) is 11.3 Å². The smallest absolute Gasteiger partial charge is 0.311 e. The topological polar surface area (TPSA) is 57.7 Å². The van der Waals surface area contributed by atoms with Crippen LogP contribution in [0.15, 0.2) is 40.9 Å². The van der Waals surface area contributed by atoms with Crippen molar-refractivity contribution in [3.8, 4) is 5.19 Å². The van der Waals surface area contributed by atoms with Crippen molar-refractivity contribution < 1.29 is 19.0 Å². The summed E-state index contributed by atoms with van der Waals surface area (Å²) in [6, 6.07) is 12.1. The number of halogens is 1. The Kier molecular flexibility index (Phi) is 7.87. The molecule has 2 aromatic carbocycles. The summed E-state index contributed by atoms with van der Waals surface area (Å²) in [5.74, 6) is -0.255. The van der Waals surface area contributed by atoms with Gasteiger partial charge in [0.05, 0.1) is 21.2 Å². The number of benzene rings is 2. The molecule has 0 radical (unpaired) electrons. The van der Waals surface area contributed by atoms with Crippen molar-refractivity contribution in [1.82, 2.24) is 4.98 Å². The molecule has 33 heavy (non-hydrogen) atoms. The van der Waals surface area contributed by atoms with Crippen LogP contribution in [-0.2, 0) is 20.9 Å². The SMILES string of the molecule is Cc1cc2nc(OCc3ccccc3)sc2c(Br)c1[C@@H](COC(=O)C(C)(C)C)OC(C)(C)C. The Bertz CT molecular complexity index is 1110. The first kappa shape index (κ1) is 25.7. The molecular weight excluding hydrogens is 502 g/mol. The number of fused-ring (bicyclic) bond motifs is 1. The Hall–Kier alpha value is -1.96. The van der Waals surface area contributed by atoms with Crippen LogP contribution in [0, 0.1) is 12.3 Å². The van der Waals surface area contributed by atoms with E-state index >= 15 is 0 Å². The number of thiazole rings is 1. The summed E-state index contributed by atoms with van der Waals surface area (Å²) in [6.07, 6.45) is -0.425. The molecule has 0 saturated carbocycles. The third kappa shape index (κ3) is 6.78. The van der Waals surface area contributed by atoms with Crippen molar-refractivity contribution in [2.45, 2.75) is 66.8 Å². The molecule has 3 aromatic rings. The molecule has 0 aliphatic carbocycles. The predicted octanol–water partition coefficient (Wildman–Crippen LogP) is 7.39. The number of aromatic nitrogens is 1. The molecule has 0 aliphatic heterocycles. The van der Waals surface area contributed by atoms with Crippen molar-refractivity contribution in [3.05, 3.63) is 57.6 Å². The van der Waals surface area contributed by atoms with Gasteiger partial charge >= 0.3 is 5.97 Å². The van der Waals surface area contributed by atoms with E-state index in [-0.39, 0.29) is 12.6 Å². The monoisotopic (exact) mass is 533 g/mol. The van der Waals surface area contributed by atoms with Crippen molar-refractivity contribution in [2.24, 2.45) is 5.41 Å². The van der Waals surface area contributed by atoms with E-state index in [1.807, 2.05) is 84.9 Å². The fourth-order valence-corrected chi connectivity index (χ4v) is 5.15. The molecule has 7 heteroatoms. The van der Waals surface area contributed by atoms with Crippen LogP contribution >= 0.6 is 27.3 Å². The zero-order valence-electron chi connectivity index (χ0n) is 20.3. The van der Waals surface area contributed by atoms with Crippen LogP contribution in [0.1, 0.15) is 64.3 Å². The number of nitrogens with zero attached hydrogens (tertiary/aromatic N) is 1. The zero-order chi connectivity index (χ0) is 24.4. The lowest BCUT2D eigenvalue weighted by molar-refractivity contribution is -0.162. The predicted molar refractivity (Wildman–Crippen MR) is 137 cm³/mol. The third-order valence-corrected chi connectivity index (χ3v) is 6.94. The maximum absolute atomic E-state index is 12.4. The molecule has 0 fully saturated rings. The normalized spacial score (nSPS) is 13.2. The lowest BCUT2D eigenvalue weighted by atomic mass is 9.97. The Morgan fingerprint density at radius 1 is 1.12 bits per heavy atom. The maximum Gasteiger partial charge on any atom is 0.311 e. The van der Waals surface area contributed by atoms with Gasteiger partial charge in [-0.1, -0.05) is 41.7 Å². The number of carbonyl (C=O) groups is 1. The average Bonchev–Trinajstić information content (AvgIpc) is 3.12. The van der Waals surface area contributed by atoms with Gasteiger partial charge in [-0.2, -0.15) is 0 Å². The van der Waals surface area contributed by atoms with Crippen LogP contribution in [0.25, 0.3) is 10.2 Å². The van der Waals surface area contributed by atoms with Crippen molar-refractivity contribution >= 4 is 43.5 Å². The van der Waals surface area contributed by atoms with Gasteiger partial charge in [0.15, 0.2) is 0 Å². The maximum atomic E-state index is 12.4. The first-order valence-corrected chi connectivity index (χ1v) is 12.6. The molecule has 1 aromatic heterocycles. The lowest BCUT2D eigenvalue weighted by Crippen LogP contribution is -2.29. The van der Waals surface area contributed by atoms with Crippen LogP contribution in [0.2, 0.25) is 0 Å². The minimum atomic E-state index is -0.578. The molecular formula is C26H32BrNO4S. The highest BCUT2D eigenvalue weighted by Crippen LogP contribution is 2.41. The number of aryl methyl sites for hydroxylation is 1. The molecule has 0 N–H and O–H groups in total. The minimum Gasteiger partial charge on any atom is -0.465 e. The fourth-order valence-electron chi connectivity index (χ4n) is 3.29. The molecule has 5 nitrogen and oxygen atoms in total. The molecule has 0 bridgehead atoms. The van der Waals surface area contributed by atoms with Crippen molar-refractivity contribution in [2.75, 3.05) is 6.61 Å². The largest absolute Gasteiger partial charge is 0.465 e. The number of ether oxygens (including phenoxy) is 3. The number of esters is 1. The van der Waals surface area contributed by atoms with Crippen LogP contribution in [-0.4, -0.2) is 23.2 Å². The summed E-state index contributed by atoms with van der Waals surface area (Å²) in [7, 11) is 0. The highest BCUT2D eigenvalue weighted by molar-refractivity contribution is 9.10. The molecule has 0 unspecified atom stereocenters. The van der Waals surface area contributed by atoms with E-state index in [0.717, 1.165) is 31.4 Å². The fraction of sp³-hybridized carbons (Fsp3) is 0.462. The van der Waals surface area contributed by atoms with E-state index in [9.17, 15) is 4.79 Å². The van der Waals surface area contributed by atoms with E-state index in [0.29, 0.717) is 11.8 Å². The summed E-state index contributed by atoms with van der Waals surface area (Å²) in [6.45, 7) is 14.1. The first-order chi connectivity index (χ1) is 15.3. The summed E-state index contributed by atoms with van der Waals surface area (Å²) in [4.78, 5) is 17.1. The van der Waals surface area contributed by atoms with Gasteiger partial charge in [0.25, 0.3) is 5.19 Å². The van der Waals surface area contributed by atoms with Gasteiger partial charge in [-0.25, -0.2) is 4.98 Å². The van der Waals surface area contributed by atoms with Crippen molar-refractivity contribution in [1.29, 1.82) is 0 Å². The van der Waals surface area contributed by atoms with E-state index < -0.39 is 17.1 Å². The molecule has 1 heterocycles. The summed E-state index contributed by atoms with van der Waals surface area (Å²) >= 11 is 5.28. The standard InChI is InChI=1S/C26H32BrNO4S/c1-16-13-18-22(33-24(28-18)31-14-17-11-9-8-10-12-17)21(27)20(16)19(32-26(5,6)7)15-30-23(29)25(2,3)4/h8-13,19H,14-15H2,1-7H3/t19-/m1/s1. The highest BCUT2D eigenvalue weighted by atomic mass is 79.9. The van der Waals surface area contributed by atoms with Gasteiger partial charge < -0.3 is 14.2 Å². The quantitative estimate of drug-likeness (QED) is 0.296. The summed E-state index contributed by atoms with van der Waals surface area (Å²) < 4.78 is 19.8. The van der Waals surface area contributed by atoms with E-state index in [4.69, 9.17) is 14.2 Å². The van der Waals surface area contributed by atoms with Crippen LogP contribution in [0.5, 0.6) is 5.19 Å². The molecule has 0 spiro atoms. The molecule has 178 valence electrons. The molecule has 1 atom stereocenters. The van der Waals surface area contributed by atoms with Gasteiger partial charge in [0.2, 0.25) is 0 Å². The zero-order valence-corrected chi connectivity index (χ0v) is 22.7. The first-order valence-electron chi connectivity index (χ1n) is 11.0. The van der Waals surface area contributed by atoms with Crippen LogP contribution in [0.3, 0.4) is 0 Å². The van der Waals surface area contributed by atoms with E-state index in [2.05, 4.69) is 20.9 Å². The Balaban J connectivity index is 1.91. The van der Waals surface area contributed by atoms with Gasteiger partial charge in [0, 0.05) is 10.0 Å². The molecule has 3 rings (SSSR count). The number of rotatable bonds is 7. The number of hydrogen-bond donors (Lipinski definition) is 0. The second-order valence-corrected chi connectivity index (χ2v) is 11.8. The van der Waals surface area contributed by atoms with E-state index in [1.54, 1.807) is 0 Å². The highest BCUT2D eigenvalue weighted by Gasteiger charge is 2.30. The van der Waals surface area contributed by atoms with Crippen molar-refractivity contribution in [3.63, 3.8) is 0 Å².